The molecule has 26 heteroatoms. The van der Waals surface area contributed by atoms with Crippen molar-refractivity contribution < 1.29 is 74.0 Å². The molecule has 0 aromatic rings. The molecule has 0 unspecified atom stereocenters. The van der Waals surface area contributed by atoms with Gasteiger partial charge in [0.1, 0.15) is 25.4 Å². The number of amides is 4. The van der Waals surface area contributed by atoms with Crippen LogP contribution in [0.2, 0.25) is 0 Å². The molecule has 25 nitrogen and oxygen atoms in total. The van der Waals surface area contributed by atoms with E-state index in [1.807, 2.05) is 0 Å². The Morgan fingerprint density at radius 1 is 0.714 bits per heavy atom. The molecule has 1 radical (unpaired) electrons. The molecule has 0 bridgehead atoms. The number of hydrogen-bond acceptors (Lipinski definition) is 15. The fourth-order valence-corrected chi connectivity index (χ4v) is 7.17. The number of aliphatic hydroxyl groups excluding tert-OH is 5. The summed E-state index contributed by atoms with van der Waals surface area (Å²) in [7, 11) is 0.774. The topological polar surface area (TPSA) is 439 Å². The number of rotatable bonds is 22. The predicted octanol–water partition coefficient (Wildman–Crippen LogP) is -8.28. The van der Waals surface area contributed by atoms with E-state index in [9.17, 15) is 64.5 Å². The molecule has 0 aliphatic heterocycles. The average molecular weight is 804 g/mol. The van der Waals surface area contributed by atoms with E-state index in [2.05, 4.69) is 31.1 Å². The van der Waals surface area contributed by atoms with Gasteiger partial charge in [-0.25, -0.2) is 9.98 Å². The van der Waals surface area contributed by atoms with Crippen LogP contribution in [0.5, 0.6) is 0 Å². The number of nitrogens with one attached hydrogen (secondary N) is 4. The molecule has 315 valence electrons. The Hall–Kier alpha value is -4.86. The second kappa shape index (κ2) is 22.0. The maximum atomic E-state index is 12.8. The Morgan fingerprint density at radius 3 is 1.48 bits per heavy atom. The maximum Gasteiger partial charge on any atom is 0.390 e. The number of guanidine groups is 2. The minimum Gasteiger partial charge on any atom is -0.481 e. The summed E-state index contributed by atoms with van der Waals surface area (Å²) in [4.78, 5) is 82.2. The first-order valence-corrected chi connectivity index (χ1v) is 17.3. The Kier molecular flexibility index (Phi) is 18.6. The molecule has 4 amide bonds. The van der Waals surface area contributed by atoms with Gasteiger partial charge in [-0.2, -0.15) is 0 Å². The normalized spacial score (nSPS) is 27.0. The van der Waals surface area contributed by atoms with Crippen molar-refractivity contribution in [1.82, 2.24) is 21.1 Å². The summed E-state index contributed by atoms with van der Waals surface area (Å²) < 4.78 is 11.4. The zero-order chi connectivity index (χ0) is 42.4. The largest absolute Gasteiger partial charge is 0.481 e. The lowest BCUT2D eigenvalue weighted by molar-refractivity contribution is -0.150. The second-order valence-electron chi connectivity index (χ2n) is 13.4. The number of nitrogens with two attached hydrogens (primary N) is 4. The summed E-state index contributed by atoms with van der Waals surface area (Å²) in [5, 5.41) is 79.8. The van der Waals surface area contributed by atoms with Crippen LogP contribution in [0.4, 0.5) is 0 Å². The summed E-state index contributed by atoms with van der Waals surface area (Å²) in [6.45, 7) is -0.873. The number of aliphatic hydroxyl groups is 5. The minimum atomic E-state index is -1.87. The molecule has 0 spiro atoms. The van der Waals surface area contributed by atoms with Crippen molar-refractivity contribution in [2.45, 2.75) is 87.8 Å². The third-order valence-electron chi connectivity index (χ3n) is 9.33. The van der Waals surface area contributed by atoms with Crippen LogP contribution in [0.25, 0.3) is 0 Å². The van der Waals surface area contributed by atoms with E-state index >= 15 is 0 Å². The van der Waals surface area contributed by atoms with E-state index in [0.29, 0.717) is 0 Å². The van der Waals surface area contributed by atoms with Crippen molar-refractivity contribution in [3.63, 3.8) is 0 Å². The van der Waals surface area contributed by atoms with Crippen LogP contribution in [0, 0.1) is 23.7 Å². The summed E-state index contributed by atoms with van der Waals surface area (Å²) in [5.41, 5.74) is 22.2. The van der Waals surface area contributed by atoms with Crippen molar-refractivity contribution >= 4 is 55.0 Å². The first kappa shape index (κ1) is 47.3. The number of carbonyl (C=O) groups is 6. The number of carboxylic acids is 2. The highest BCUT2D eigenvalue weighted by atomic mass is 16.5. The van der Waals surface area contributed by atoms with E-state index in [1.54, 1.807) is 0 Å². The number of aliphatic carboxylic acids is 2. The Bertz CT molecular complexity index is 1450. The van der Waals surface area contributed by atoms with Gasteiger partial charge in [-0.1, -0.05) is 0 Å². The van der Waals surface area contributed by atoms with Crippen LogP contribution >= 0.6 is 0 Å². The Labute approximate surface area is 320 Å². The molecule has 2 aliphatic rings. The maximum absolute atomic E-state index is 12.8. The molecule has 0 heterocycles. The first-order chi connectivity index (χ1) is 26.2. The molecular formula is C30H52BN10O15. The average Bonchev–Trinajstić information content (AvgIpc) is 3.63. The molecule has 2 rings (SSSR count). The van der Waals surface area contributed by atoms with E-state index in [0.717, 1.165) is 21.4 Å². The van der Waals surface area contributed by atoms with Crippen LogP contribution in [0.15, 0.2) is 9.98 Å². The highest BCUT2D eigenvalue weighted by Gasteiger charge is 2.54. The lowest BCUT2D eigenvalue weighted by atomic mass is 9.85. The first-order valence-electron chi connectivity index (χ1n) is 17.3. The van der Waals surface area contributed by atoms with E-state index in [4.69, 9.17) is 32.4 Å². The van der Waals surface area contributed by atoms with Gasteiger partial charge in [-0.05, 0) is 19.3 Å². The van der Waals surface area contributed by atoms with Gasteiger partial charge in [0, 0.05) is 32.3 Å². The summed E-state index contributed by atoms with van der Waals surface area (Å²) in [6, 6.07) is -4.81. The van der Waals surface area contributed by atoms with E-state index in [-0.39, 0.29) is 19.3 Å². The van der Waals surface area contributed by atoms with Gasteiger partial charge in [-0.3, -0.25) is 28.8 Å². The monoisotopic (exact) mass is 803 g/mol. The van der Waals surface area contributed by atoms with Gasteiger partial charge in [-0.15, -0.1) is 0 Å². The Balaban J connectivity index is 2.18. The standard InChI is InChI=1S/C30H52BN10O15/c1-10(44)36-22(16(46)3-4-42)20-14(38-29(32)33)5-12(27(51)52)25(20)55-8-18(48)40-31-41-19(49)9-56-26-13(28(53)54)6-15(39-30(34)35)21(26)23(37-11(2)45)24(50)17(47)7-43/h12-17,20-26,42-43,46-47,50H,3-9H2,1-2H3,(H,36,44)(H,37,45)(H,40,48)(H,41,49)(H,51,52)(H,53,54)(H4,32,33,38)(H4,34,35,39)/t12-,13-,14+,15+,16-,17-,20+,21+,22+,23-,24-,25+,26+/m0/s1. The highest BCUT2D eigenvalue weighted by molar-refractivity contribution is 6.38. The third-order valence-corrected chi connectivity index (χ3v) is 9.33. The van der Waals surface area contributed by atoms with Crippen LogP contribution in [0.3, 0.4) is 0 Å². The van der Waals surface area contributed by atoms with Crippen LogP contribution in [0.1, 0.15) is 33.1 Å². The van der Waals surface area contributed by atoms with Crippen molar-refractivity contribution in [2.75, 3.05) is 26.4 Å². The number of carbonyl (C=O) groups excluding carboxylic acids is 4. The molecule has 56 heavy (non-hydrogen) atoms. The third kappa shape index (κ3) is 13.4. The van der Waals surface area contributed by atoms with Gasteiger partial charge in [0.15, 0.2) is 11.9 Å². The van der Waals surface area contributed by atoms with E-state index in [1.165, 1.54) is 0 Å². The zero-order valence-corrected chi connectivity index (χ0v) is 30.6. The summed E-state index contributed by atoms with van der Waals surface area (Å²) in [5.74, 6) is -11.9. The van der Waals surface area contributed by atoms with Crippen LogP contribution in [-0.4, -0.2) is 172 Å². The second-order valence-corrected chi connectivity index (χ2v) is 13.4. The molecule has 2 aliphatic carbocycles. The molecule has 0 saturated heterocycles. The highest BCUT2D eigenvalue weighted by Crippen LogP contribution is 2.41. The van der Waals surface area contributed by atoms with Crippen molar-refractivity contribution in [3.05, 3.63) is 0 Å². The minimum absolute atomic E-state index is 0.210. The fourth-order valence-electron chi connectivity index (χ4n) is 7.17. The zero-order valence-electron chi connectivity index (χ0n) is 30.6. The molecule has 2 fully saturated rings. The SMILES string of the molecule is CC(=O)N[C@H]([C@@H](O)[C@@H](O)CO)[C@@H]1[C@H](OCC(=O)N[B]NC(=O)CO[C@H]2[C@@H]([C@H](NC(C)=O)[C@@H](O)CCO)[C@H](N=C(N)N)C[C@@H]2C(=O)O)[C@@H](C(=O)O)C[C@H]1N=C(N)N. The summed E-state index contributed by atoms with van der Waals surface area (Å²) in [6.07, 6.45) is -8.61. The Morgan fingerprint density at radius 2 is 1.12 bits per heavy atom. The lowest BCUT2D eigenvalue weighted by Crippen LogP contribution is -2.57. The van der Waals surface area contributed by atoms with Crippen molar-refractivity contribution in [2.24, 2.45) is 56.6 Å². The summed E-state index contributed by atoms with van der Waals surface area (Å²) >= 11 is 0. The molecular weight excluding hydrogens is 751 g/mol. The molecule has 2 saturated carbocycles. The molecule has 0 aromatic carbocycles. The van der Waals surface area contributed by atoms with E-state index < -0.39 is 152 Å². The lowest BCUT2D eigenvalue weighted by Gasteiger charge is -2.36. The molecule has 19 N–H and O–H groups in total. The van der Waals surface area contributed by atoms with Gasteiger partial charge in [0.05, 0.1) is 60.9 Å². The number of nitrogens with zero attached hydrogens (tertiary/aromatic N) is 2. The molecule has 13 atom stereocenters. The fraction of sp³-hybridized carbons (Fsp3) is 0.733. The number of aliphatic imine (C=N–C) groups is 2. The predicted molar refractivity (Wildman–Crippen MR) is 191 cm³/mol. The van der Waals surface area contributed by atoms with Crippen molar-refractivity contribution in [3.8, 4) is 0 Å². The van der Waals surface area contributed by atoms with Gasteiger partial charge >= 0.3 is 19.5 Å². The number of carboxylic acid groups (broad SMARTS) is 2. The van der Waals surface area contributed by atoms with Crippen LogP contribution in [-0.2, 0) is 38.2 Å². The smallest absolute Gasteiger partial charge is 0.390 e. The number of ether oxygens (including phenoxy) is 2. The number of hydrogen-bond donors (Lipinski definition) is 15. The quantitative estimate of drug-likeness (QED) is 0.0274. The van der Waals surface area contributed by atoms with Gasteiger partial charge in [0.25, 0.3) is 0 Å². The van der Waals surface area contributed by atoms with Gasteiger partial charge in [0.2, 0.25) is 23.6 Å². The van der Waals surface area contributed by atoms with Gasteiger partial charge < -0.3 is 89.2 Å². The molecule has 0 aromatic heterocycles. The van der Waals surface area contributed by atoms with Crippen LogP contribution < -0.4 is 44.0 Å². The van der Waals surface area contributed by atoms with Crippen molar-refractivity contribution in [1.29, 1.82) is 0 Å².